The van der Waals surface area contributed by atoms with Crippen LogP contribution in [0, 0.1) is 5.82 Å². The van der Waals surface area contributed by atoms with Gasteiger partial charge in [-0.1, -0.05) is 17.7 Å². The third-order valence-corrected chi connectivity index (χ3v) is 2.79. The summed E-state index contributed by atoms with van der Waals surface area (Å²) in [6, 6.07) is 4.33. The van der Waals surface area contributed by atoms with Gasteiger partial charge in [-0.2, -0.15) is 0 Å². The Hall–Kier alpha value is -1.62. The van der Waals surface area contributed by atoms with E-state index in [-0.39, 0.29) is 36.5 Å². The number of carbonyl (C=O) groups is 2. The molecule has 0 unspecified atom stereocenters. The van der Waals surface area contributed by atoms with Crippen LogP contribution in [0.3, 0.4) is 0 Å². The molecule has 1 aromatic carbocycles. The Bertz CT molecular complexity index is 479. The maximum atomic E-state index is 13.2. The van der Waals surface area contributed by atoms with Crippen molar-refractivity contribution in [1.82, 2.24) is 10.2 Å². The summed E-state index contributed by atoms with van der Waals surface area (Å²) in [5.74, 6) is -0.919. The van der Waals surface area contributed by atoms with E-state index in [1.807, 2.05) is 0 Å². The predicted octanol–water partition coefficient (Wildman–Crippen LogP) is 0.938. The maximum absolute atomic E-state index is 13.2. The number of nitrogens with zero attached hydrogens (tertiary/aromatic N) is 1. The van der Waals surface area contributed by atoms with Gasteiger partial charge in [-0.05, 0) is 17.7 Å². The van der Waals surface area contributed by atoms with Crippen LogP contribution in [0.4, 0.5) is 4.39 Å². The van der Waals surface area contributed by atoms with Crippen molar-refractivity contribution in [2.45, 2.75) is 6.54 Å². The molecule has 1 aromatic rings. The van der Waals surface area contributed by atoms with E-state index >= 15 is 0 Å². The molecule has 0 aliphatic carbocycles. The van der Waals surface area contributed by atoms with Crippen LogP contribution < -0.4 is 5.32 Å². The molecule has 0 aromatic heterocycles. The highest BCUT2D eigenvalue weighted by atomic mass is 35.5. The van der Waals surface area contributed by atoms with Crippen LogP contribution in [0.5, 0.6) is 0 Å². The van der Waals surface area contributed by atoms with Crippen LogP contribution in [0.1, 0.15) is 5.56 Å². The first-order valence-electron chi connectivity index (χ1n) is 5.04. The number of carbonyl (C=O) groups excluding carboxylic acids is 2. The molecule has 1 heterocycles. The molecule has 1 saturated heterocycles. The molecule has 0 spiro atoms. The van der Waals surface area contributed by atoms with Crippen molar-refractivity contribution >= 4 is 23.4 Å². The highest BCUT2D eigenvalue weighted by molar-refractivity contribution is 6.30. The fourth-order valence-corrected chi connectivity index (χ4v) is 1.72. The first-order valence-corrected chi connectivity index (χ1v) is 5.42. The molecule has 4 nitrogen and oxygen atoms in total. The summed E-state index contributed by atoms with van der Waals surface area (Å²) >= 11 is 5.56. The van der Waals surface area contributed by atoms with E-state index in [4.69, 9.17) is 11.6 Å². The van der Waals surface area contributed by atoms with E-state index < -0.39 is 5.82 Å². The highest BCUT2D eigenvalue weighted by Gasteiger charge is 2.23. The zero-order valence-electron chi connectivity index (χ0n) is 8.87. The lowest BCUT2D eigenvalue weighted by Gasteiger charge is -2.26. The minimum Gasteiger partial charge on any atom is -0.345 e. The number of halogens is 2. The van der Waals surface area contributed by atoms with E-state index in [9.17, 15) is 14.0 Å². The Labute approximate surface area is 102 Å². The molecule has 17 heavy (non-hydrogen) atoms. The summed E-state index contributed by atoms with van der Waals surface area (Å²) in [6.45, 7) is 0.207. The summed E-state index contributed by atoms with van der Waals surface area (Å²) < 4.78 is 13.2. The summed E-state index contributed by atoms with van der Waals surface area (Å²) in [7, 11) is 0. The van der Waals surface area contributed by atoms with Gasteiger partial charge in [0, 0.05) is 6.54 Å². The molecule has 1 aliphatic heterocycles. The molecule has 2 rings (SSSR count). The van der Waals surface area contributed by atoms with Crippen LogP contribution in [0.2, 0.25) is 5.02 Å². The molecular formula is C11H10ClFN2O2. The number of nitrogens with one attached hydrogen (secondary N) is 1. The van der Waals surface area contributed by atoms with Crippen LogP contribution in [-0.4, -0.2) is 29.8 Å². The lowest BCUT2D eigenvalue weighted by molar-refractivity contribution is -0.141. The zero-order chi connectivity index (χ0) is 12.4. The average Bonchev–Trinajstić information content (AvgIpc) is 2.29. The van der Waals surface area contributed by atoms with Gasteiger partial charge in [-0.15, -0.1) is 0 Å². The summed E-state index contributed by atoms with van der Waals surface area (Å²) in [5, 5.41) is 2.48. The van der Waals surface area contributed by atoms with Gasteiger partial charge >= 0.3 is 0 Å². The maximum Gasteiger partial charge on any atom is 0.242 e. The summed E-state index contributed by atoms with van der Waals surface area (Å²) in [5.41, 5.74) is 0.606. The number of piperazine rings is 1. The Balaban J connectivity index is 2.11. The lowest BCUT2D eigenvalue weighted by atomic mass is 10.2. The van der Waals surface area contributed by atoms with E-state index in [1.165, 1.54) is 17.0 Å². The Morgan fingerprint density at radius 2 is 2.18 bits per heavy atom. The molecule has 2 amide bonds. The second-order valence-corrected chi connectivity index (χ2v) is 4.18. The quantitative estimate of drug-likeness (QED) is 0.856. The molecule has 1 aliphatic rings. The van der Waals surface area contributed by atoms with Crippen molar-refractivity contribution in [2.24, 2.45) is 0 Å². The van der Waals surface area contributed by atoms with Gasteiger partial charge in [-0.3, -0.25) is 9.59 Å². The molecule has 0 bridgehead atoms. The van der Waals surface area contributed by atoms with Crippen molar-refractivity contribution in [2.75, 3.05) is 13.1 Å². The summed E-state index contributed by atoms with van der Waals surface area (Å²) in [4.78, 5) is 24.0. The van der Waals surface area contributed by atoms with Gasteiger partial charge in [0.1, 0.15) is 5.82 Å². The first kappa shape index (κ1) is 11.9. The van der Waals surface area contributed by atoms with E-state index in [0.29, 0.717) is 5.56 Å². The van der Waals surface area contributed by atoms with E-state index in [2.05, 4.69) is 5.32 Å². The Kier molecular flexibility index (Phi) is 3.28. The second kappa shape index (κ2) is 4.71. The number of amides is 2. The predicted molar refractivity (Wildman–Crippen MR) is 59.8 cm³/mol. The third-order valence-electron chi connectivity index (χ3n) is 2.48. The molecule has 1 N–H and O–H groups in total. The number of benzene rings is 1. The molecule has 1 fully saturated rings. The van der Waals surface area contributed by atoms with E-state index in [1.54, 1.807) is 6.07 Å². The fraction of sp³-hybridized carbons (Fsp3) is 0.273. The highest BCUT2D eigenvalue weighted by Crippen LogP contribution is 2.17. The molecule has 90 valence electrons. The Morgan fingerprint density at radius 3 is 2.88 bits per heavy atom. The van der Waals surface area contributed by atoms with Gasteiger partial charge in [0.05, 0.1) is 18.1 Å². The second-order valence-electron chi connectivity index (χ2n) is 3.77. The lowest BCUT2D eigenvalue weighted by Crippen LogP contribution is -2.50. The van der Waals surface area contributed by atoms with Gasteiger partial charge in [0.2, 0.25) is 11.8 Å². The fourth-order valence-electron chi connectivity index (χ4n) is 1.61. The SMILES string of the molecule is O=C1CN(Cc2ccc(Cl)c(F)c2)C(=O)CN1. The monoisotopic (exact) mass is 256 g/mol. The van der Waals surface area contributed by atoms with Crippen LogP contribution >= 0.6 is 11.6 Å². The van der Waals surface area contributed by atoms with Gasteiger partial charge < -0.3 is 10.2 Å². The molecule has 0 atom stereocenters. The third kappa shape index (κ3) is 2.74. The van der Waals surface area contributed by atoms with Crippen molar-refractivity contribution in [3.8, 4) is 0 Å². The number of hydrogen-bond acceptors (Lipinski definition) is 2. The topological polar surface area (TPSA) is 49.4 Å². The average molecular weight is 257 g/mol. The minimum atomic E-state index is -0.530. The van der Waals surface area contributed by atoms with Crippen molar-refractivity contribution in [3.63, 3.8) is 0 Å². The smallest absolute Gasteiger partial charge is 0.242 e. The number of rotatable bonds is 2. The largest absolute Gasteiger partial charge is 0.345 e. The molecule has 6 heteroatoms. The van der Waals surface area contributed by atoms with E-state index in [0.717, 1.165) is 0 Å². The Morgan fingerprint density at radius 1 is 1.41 bits per heavy atom. The molecule has 0 radical (unpaired) electrons. The van der Waals surface area contributed by atoms with Gasteiger partial charge in [0.15, 0.2) is 0 Å². The minimum absolute atomic E-state index is 0.00305. The normalized spacial score (nSPS) is 16.0. The standard InChI is InChI=1S/C11H10ClFN2O2/c12-8-2-1-7(3-9(8)13)5-15-6-10(16)14-4-11(15)17/h1-3H,4-6H2,(H,14,16). The zero-order valence-corrected chi connectivity index (χ0v) is 9.63. The summed E-state index contributed by atoms with van der Waals surface area (Å²) in [6.07, 6.45) is 0. The van der Waals surface area contributed by atoms with Crippen molar-refractivity contribution in [1.29, 1.82) is 0 Å². The molecular weight excluding hydrogens is 247 g/mol. The molecule has 0 saturated carbocycles. The van der Waals surface area contributed by atoms with Crippen LogP contribution in [0.15, 0.2) is 18.2 Å². The van der Waals surface area contributed by atoms with Crippen LogP contribution in [-0.2, 0) is 16.1 Å². The van der Waals surface area contributed by atoms with Gasteiger partial charge in [-0.25, -0.2) is 4.39 Å². The van der Waals surface area contributed by atoms with Gasteiger partial charge in [0.25, 0.3) is 0 Å². The van der Waals surface area contributed by atoms with Crippen molar-refractivity contribution < 1.29 is 14.0 Å². The number of hydrogen-bond donors (Lipinski definition) is 1. The van der Waals surface area contributed by atoms with Crippen molar-refractivity contribution in [3.05, 3.63) is 34.6 Å². The first-order chi connectivity index (χ1) is 8.06. The van der Waals surface area contributed by atoms with Crippen LogP contribution in [0.25, 0.3) is 0 Å².